The maximum absolute atomic E-state index is 12.7. The molecule has 1 aromatic heterocycles. The van der Waals surface area contributed by atoms with Crippen molar-refractivity contribution in [3.05, 3.63) is 65.7 Å². The summed E-state index contributed by atoms with van der Waals surface area (Å²) < 4.78 is 0. The molecule has 0 bridgehead atoms. The first kappa shape index (κ1) is 60.4. The SMILES string of the molecule is O=C1CC23CC(=O)CC2(C1)c1cc2ccccc2nc1-c1ccccc13.S=S=S=S=S=S=S=S=S=S=S=S=S=S=S=S=S=S=S=S=S=S=S=S=S=S=S=S=S=S=S=S=S=S=S=S=S=S. The van der Waals surface area contributed by atoms with Crippen LogP contribution in [0.3, 0.4) is 0 Å². The number of fused-ring (bicyclic) bond motifs is 4. The van der Waals surface area contributed by atoms with Crippen LogP contribution in [0.1, 0.15) is 36.8 Å². The van der Waals surface area contributed by atoms with Crippen molar-refractivity contribution in [2.75, 3.05) is 0 Å². The minimum Gasteiger partial charge on any atom is -0.300 e. The second-order valence-corrected chi connectivity index (χ2v) is 74.2. The molecule has 0 aliphatic heterocycles. The van der Waals surface area contributed by atoms with Crippen LogP contribution in [0.2, 0.25) is 0 Å². The predicted octanol–water partition coefficient (Wildman–Crippen LogP) is 4.03. The quantitative estimate of drug-likeness (QED) is 0.341. The second-order valence-electron chi connectivity index (χ2n) is 10.5. The fourth-order valence-electron chi connectivity index (χ4n) is 6.35. The van der Waals surface area contributed by atoms with E-state index in [4.69, 9.17) is 27.4 Å². The van der Waals surface area contributed by atoms with E-state index in [1.165, 1.54) is 17.8 Å². The van der Waals surface area contributed by atoms with Crippen molar-refractivity contribution in [1.29, 1.82) is 0 Å². The number of Topliss-reactive ketones (excluding diaryl/α,β-unsaturated/α-hetero) is 2. The molecular formula is C23H17NO2S38. The molecule has 0 unspecified atom stereocenters. The molecule has 0 N–H and O–H groups in total. The van der Waals surface area contributed by atoms with Crippen molar-refractivity contribution >= 4 is 365 Å². The minimum absolute atomic E-state index is 0.272. The number of nitrogens with zero attached hydrogens (tertiary/aromatic N) is 1. The number of hydrogen-bond donors (Lipinski definition) is 0. The average molecular weight is 1560 g/mol. The summed E-state index contributed by atoms with van der Waals surface area (Å²) >= 11 is 9.60. The van der Waals surface area contributed by atoms with Gasteiger partial charge in [-0.05, 0) is 23.3 Å². The molecule has 354 valence electrons. The number of benzene rings is 2. The molecule has 0 spiro atoms. The van der Waals surface area contributed by atoms with Crippen molar-refractivity contribution in [2.45, 2.75) is 36.5 Å². The minimum atomic E-state index is -0.415. The van der Waals surface area contributed by atoms with E-state index in [0.717, 1.165) is 33.3 Å². The van der Waals surface area contributed by atoms with Crippen molar-refractivity contribution in [3.63, 3.8) is 0 Å². The monoisotopic (exact) mass is 1550 g/mol. The first-order valence-corrected chi connectivity index (χ1v) is 64.7. The first-order chi connectivity index (χ1) is 31.5. The van der Waals surface area contributed by atoms with Gasteiger partial charge < -0.3 is 0 Å². The van der Waals surface area contributed by atoms with Crippen molar-refractivity contribution < 1.29 is 9.59 Å². The maximum atomic E-state index is 12.7. The number of pyridine rings is 1. The molecule has 41 heteroatoms. The number of carbonyl (C=O) groups excluding carboxylic acids is 2. The fraction of sp³-hybridized carbons (Fsp3) is 0.261. The summed E-state index contributed by atoms with van der Waals surface area (Å²) in [6.45, 7) is 0. The Balaban J connectivity index is 0.000000254. The lowest BCUT2D eigenvalue weighted by molar-refractivity contribution is -0.120. The molecular weight excluding hydrogens is 1540 g/mol. The van der Waals surface area contributed by atoms with E-state index in [2.05, 4.69) is 24.3 Å². The molecule has 6 rings (SSSR count). The molecule has 64 heavy (non-hydrogen) atoms. The van der Waals surface area contributed by atoms with Crippen LogP contribution < -0.4 is 0 Å². The molecule has 0 amide bonds. The zero-order valence-corrected chi connectivity index (χ0v) is 60.8. The first-order valence-electron chi connectivity index (χ1n) is 15.3. The van der Waals surface area contributed by atoms with Gasteiger partial charge in [-0.3, -0.25) is 9.59 Å². The Hall–Kier alpha value is 5.55. The Morgan fingerprint density at radius 1 is 0.375 bits per heavy atom. The van der Waals surface area contributed by atoms with Crippen molar-refractivity contribution in [2.24, 2.45) is 0 Å². The summed E-state index contributed by atoms with van der Waals surface area (Å²) in [6.07, 6.45) is 1.87. The second kappa shape index (κ2) is 37.3. The van der Waals surface area contributed by atoms with Gasteiger partial charge in [0.05, 0.1) is 11.2 Å². The maximum Gasteiger partial charge on any atom is 0.134 e. The molecule has 0 atom stereocenters. The van der Waals surface area contributed by atoms with Crippen LogP contribution in [0.5, 0.6) is 0 Å². The summed E-state index contributed by atoms with van der Waals surface area (Å²) in [4.78, 5) is 30.3. The number of rotatable bonds is 0. The molecule has 3 aliphatic carbocycles. The summed E-state index contributed by atoms with van der Waals surface area (Å²) in [7, 11) is 63.7. The Labute approximate surface area is 481 Å². The molecule has 3 aromatic rings. The third kappa shape index (κ3) is 20.9. The largest absolute Gasteiger partial charge is 0.300 e. The van der Waals surface area contributed by atoms with Gasteiger partial charge in [-0.2, -0.15) is 0 Å². The summed E-state index contributed by atoms with van der Waals surface area (Å²) in [5, 5.41) is 1.08. The van der Waals surface area contributed by atoms with Crippen LogP contribution in [-0.4, -0.2) is 16.6 Å². The highest BCUT2D eigenvalue weighted by Gasteiger charge is 2.67. The third-order valence-electron chi connectivity index (χ3n) is 7.82. The Bertz CT molecular complexity index is 3930. The van der Waals surface area contributed by atoms with Gasteiger partial charge in [0.15, 0.2) is 0 Å². The number of carbonyl (C=O) groups is 2. The van der Waals surface area contributed by atoms with Crippen LogP contribution in [-0.2, 0) is 362 Å². The highest BCUT2D eigenvalue weighted by Crippen LogP contribution is 2.67. The zero-order valence-electron chi connectivity index (χ0n) is 29.8. The number of ketones is 2. The van der Waals surface area contributed by atoms with E-state index in [1.807, 2.05) is 226 Å². The van der Waals surface area contributed by atoms with Crippen molar-refractivity contribution in [3.8, 4) is 11.3 Å². The lowest BCUT2D eigenvalue weighted by Gasteiger charge is -2.45. The van der Waals surface area contributed by atoms with Crippen molar-refractivity contribution in [1.82, 2.24) is 4.98 Å². The van der Waals surface area contributed by atoms with E-state index in [0.29, 0.717) is 25.7 Å². The molecule has 2 fully saturated rings. The van der Waals surface area contributed by atoms with Gasteiger partial charge in [0.1, 0.15) is 11.6 Å². The highest BCUT2D eigenvalue weighted by atomic mass is 33.5. The van der Waals surface area contributed by atoms with Crippen LogP contribution >= 0.6 is 0 Å². The van der Waals surface area contributed by atoms with Gasteiger partial charge in [0, 0.05) is 390 Å². The third-order valence-corrected chi connectivity index (χ3v) is 85.6. The van der Waals surface area contributed by atoms with Gasteiger partial charge in [-0.25, -0.2) is 4.98 Å². The summed E-state index contributed by atoms with van der Waals surface area (Å²) in [6, 6.07) is 18.6. The Morgan fingerprint density at radius 2 is 0.672 bits per heavy atom. The van der Waals surface area contributed by atoms with Gasteiger partial charge in [-0.1, -0.05) is 42.5 Å². The molecule has 2 aromatic carbocycles. The molecule has 2 saturated carbocycles. The van der Waals surface area contributed by atoms with Crippen LogP contribution in [0, 0.1) is 0 Å². The molecule has 1 heterocycles. The lowest BCUT2D eigenvalue weighted by atomic mass is 9.56. The topological polar surface area (TPSA) is 47.0 Å². The van der Waals surface area contributed by atoms with Crippen LogP contribution in [0.15, 0.2) is 54.6 Å². The smallest absolute Gasteiger partial charge is 0.134 e. The molecule has 3 aliphatic rings. The van der Waals surface area contributed by atoms with E-state index in [-0.39, 0.29) is 17.0 Å². The van der Waals surface area contributed by atoms with E-state index >= 15 is 0 Å². The summed E-state index contributed by atoms with van der Waals surface area (Å²) in [5.41, 5.74) is 4.46. The van der Waals surface area contributed by atoms with Gasteiger partial charge in [0.25, 0.3) is 0 Å². The van der Waals surface area contributed by atoms with Gasteiger partial charge in [0.2, 0.25) is 0 Å². The van der Waals surface area contributed by atoms with E-state index in [1.54, 1.807) is 107 Å². The fourth-order valence-corrected chi connectivity index (χ4v) is 99.7. The zero-order chi connectivity index (χ0) is 45.0. The molecule has 3 nitrogen and oxygen atoms in total. The summed E-state index contributed by atoms with van der Waals surface area (Å²) in [5.74, 6) is 0.543. The van der Waals surface area contributed by atoms with Gasteiger partial charge >= 0.3 is 0 Å². The standard InChI is InChI=1S/C23H17NO2.S38/c25-15-10-22-11-16(26)13-23(22,12-15)19-9-14-5-1-4-8-20(14)24-21(19)17-6-2-3-7-18(17)22;1-3-5-7-9-11-13-15-17-19-21-23-25-27-29-31-33-35-37-38-36-34-32-30-28-26-24-22-20-18-16-14-12-10-8-6-4-2/h1-9H,10-13H2;. The predicted molar refractivity (Wildman–Crippen MR) is 379 cm³/mol. The lowest BCUT2D eigenvalue weighted by Crippen LogP contribution is -2.43. The van der Waals surface area contributed by atoms with Gasteiger partial charge in [-0.15, -0.1) is 0 Å². The molecule has 0 radical (unpaired) electrons. The average Bonchev–Trinajstić information content (AvgIpc) is 3.76. The Morgan fingerprint density at radius 3 is 1.03 bits per heavy atom. The highest BCUT2D eigenvalue weighted by molar-refractivity contribution is 8.81. The molecule has 0 saturated heterocycles. The normalized spacial score (nSPS) is 16.2. The Kier molecular flexibility index (Phi) is 35.2. The van der Waals surface area contributed by atoms with Crippen LogP contribution in [0.4, 0.5) is 0 Å². The number of aromatic nitrogens is 1. The van der Waals surface area contributed by atoms with E-state index in [9.17, 15) is 9.59 Å². The van der Waals surface area contributed by atoms with Crippen LogP contribution in [0.25, 0.3) is 22.2 Å². The van der Waals surface area contributed by atoms with E-state index < -0.39 is 5.41 Å². The number of hydrogen-bond acceptors (Lipinski definition) is 5. The number of para-hydroxylation sites is 1.